The maximum atomic E-state index is 12.4. The van der Waals surface area contributed by atoms with Gasteiger partial charge in [0.1, 0.15) is 11.6 Å². The summed E-state index contributed by atoms with van der Waals surface area (Å²) < 4.78 is 124. The number of phenolic OH excluding ortho intramolecular Hbond substituents is 1. The van der Waals surface area contributed by atoms with Crippen molar-refractivity contribution in [1.82, 2.24) is 14.5 Å². The molecule has 2 heterocycles. The molecule has 0 aliphatic rings. The zero-order valence-electron chi connectivity index (χ0n) is 52.8. The summed E-state index contributed by atoms with van der Waals surface area (Å²) in [4.78, 5) is 9.77. The molecule has 0 atom stereocenters. The van der Waals surface area contributed by atoms with Crippen molar-refractivity contribution in [1.29, 1.82) is 0 Å². The van der Waals surface area contributed by atoms with Gasteiger partial charge in [0.2, 0.25) is 0 Å². The molecule has 65 heavy (non-hydrogen) atoms. The number of aryl methyl sites for hydroxylation is 1. The Hall–Kier alpha value is -5.57. The average molecular weight is 1050 g/mol. The van der Waals surface area contributed by atoms with Gasteiger partial charge in [-0.25, -0.2) is 4.98 Å². The number of imidazole rings is 1. The molecular formula is C60H64N3OPt-. The SMILES string of the molecule is [2H]c1nc(-c2[c-]c(-c3cccc4c3nc(-c3cc(C(C)C)cc(C(C)C)c3O)n4-c3ccc(-c4cc(C(C)C)cc(C([2H])(C)C)c4)cc3C([2H])([2H])[2H])cc(C(C)(C)C)c2)c([2H])c(-c2c([2H])c([2H])c(C([2H])([2H])[2H])c([2H])c2[2H])c1[2H].[Pt]. The van der Waals surface area contributed by atoms with Gasteiger partial charge in [-0.2, -0.15) is 0 Å². The van der Waals surface area contributed by atoms with Crippen LogP contribution in [0.25, 0.3) is 72.7 Å². The van der Waals surface area contributed by atoms with E-state index in [0.29, 0.717) is 38.9 Å². The fourth-order valence-corrected chi connectivity index (χ4v) is 8.00. The maximum absolute atomic E-state index is 12.4. The van der Waals surface area contributed by atoms with Gasteiger partial charge in [-0.15, -0.1) is 29.3 Å². The molecule has 2 aromatic heterocycles. The van der Waals surface area contributed by atoms with Crippen LogP contribution < -0.4 is 0 Å². The predicted octanol–water partition coefficient (Wildman–Crippen LogP) is 16.7. The van der Waals surface area contributed by atoms with Gasteiger partial charge < -0.3 is 5.11 Å². The Morgan fingerprint density at radius 2 is 1.40 bits per heavy atom. The summed E-state index contributed by atoms with van der Waals surface area (Å²) in [6, 6.07) is 23.3. The zero-order valence-corrected chi connectivity index (χ0v) is 41.1. The first-order valence-electron chi connectivity index (χ1n) is 28.9. The van der Waals surface area contributed by atoms with Gasteiger partial charge >= 0.3 is 0 Å². The van der Waals surface area contributed by atoms with Gasteiger partial charge in [0.25, 0.3) is 0 Å². The smallest absolute Gasteiger partial charge is 0.148 e. The van der Waals surface area contributed by atoms with Crippen molar-refractivity contribution >= 4 is 11.0 Å². The quantitative estimate of drug-likeness (QED) is 0.139. The van der Waals surface area contributed by atoms with Crippen LogP contribution in [-0.4, -0.2) is 19.6 Å². The maximum Gasteiger partial charge on any atom is 0.148 e. The molecule has 0 saturated heterocycles. The van der Waals surface area contributed by atoms with Crippen LogP contribution in [-0.2, 0) is 26.5 Å². The molecule has 0 fully saturated rings. The van der Waals surface area contributed by atoms with Crippen LogP contribution in [0.2, 0.25) is 0 Å². The average Bonchev–Trinajstić information content (AvgIpc) is 3.73. The van der Waals surface area contributed by atoms with E-state index in [1.165, 1.54) is 0 Å². The molecule has 8 aromatic rings. The molecular weight excluding hydrogens is 974 g/mol. The molecule has 0 unspecified atom stereocenters. The number of benzene rings is 6. The number of phenols is 1. The van der Waals surface area contributed by atoms with Crippen molar-refractivity contribution in [2.45, 2.75) is 119 Å². The molecule has 0 spiro atoms. The number of rotatable bonds is 10. The van der Waals surface area contributed by atoms with Crippen molar-refractivity contribution in [3.8, 4) is 67.5 Å². The molecule has 0 aliphatic carbocycles. The number of hydrogen-bond donors (Lipinski definition) is 1. The largest absolute Gasteiger partial charge is 0.507 e. The van der Waals surface area contributed by atoms with Gasteiger partial charge in [0.05, 0.1) is 31.9 Å². The Labute approximate surface area is 422 Å². The molecule has 0 amide bonds. The van der Waals surface area contributed by atoms with E-state index in [4.69, 9.17) is 22.8 Å². The van der Waals surface area contributed by atoms with Crippen LogP contribution in [0, 0.1) is 19.8 Å². The van der Waals surface area contributed by atoms with E-state index in [1.54, 1.807) is 28.8 Å². The third-order valence-electron chi connectivity index (χ3n) is 11.9. The van der Waals surface area contributed by atoms with Gasteiger partial charge in [-0.3, -0.25) is 9.55 Å². The first kappa shape index (κ1) is 32.2. The molecule has 5 heteroatoms. The minimum absolute atomic E-state index is 0. The number of hydrogen-bond acceptors (Lipinski definition) is 3. The van der Waals surface area contributed by atoms with Gasteiger partial charge in [-0.05, 0) is 123 Å². The molecule has 0 saturated carbocycles. The van der Waals surface area contributed by atoms with E-state index in [-0.39, 0.29) is 72.9 Å². The summed E-state index contributed by atoms with van der Waals surface area (Å²) in [7, 11) is 0. The summed E-state index contributed by atoms with van der Waals surface area (Å²) >= 11 is 0. The number of nitrogens with zero attached hydrogens (tertiary/aromatic N) is 3. The Kier molecular flexibility index (Phi) is 9.27. The normalized spacial score (nSPS) is 15.6. The van der Waals surface area contributed by atoms with Crippen molar-refractivity contribution in [3.63, 3.8) is 0 Å². The standard InChI is InChI=1S/C60H64N3O.Pt/c1-35(2)44-26-45(36(3)4)28-47(27-44)42-21-22-55(40(10)25-42)63-56-16-14-15-51(57(56)62-59(63)53-33-46(37(5)6)32-52(38(7)8)58(53)64)48-29-49(31-50(30-48)60(11,12)13)54-34-43(23-24-61-54)41-19-17-39(9)18-20-41;/h14-28,30-38,64H,1-13H3;/q-1;/i9D3,10D3,17D,18D,19D,20D,23D,24D,34D,35D;. The summed E-state index contributed by atoms with van der Waals surface area (Å²) in [5.41, 5.74) is 5.76. The topological polar surface area (TPSA) is 50.9 Å². The monoisotopic (exact) mass is 1050 g/mol. The van der Waals surface area contributed by atoms with Crippen LogP contribution in [0.1, 0.15) is 158 Å². The molecule has 336 valence electrons. The Morgan fingerprint density at radius 1 is 0.692 bits per heavy atom. The summed E-state index contributed by atoms with van der Waals surface area (Å²) in [6.45, 7) is 16.1. The molecule has 0 radical (unpaired) electrons. The van der Waals surface area contributed by atoms with Crippen molar-refractivity contribution in [2.75, 3.05) is 0 Å². The molecule has 6 aromatic carbocycles. The number of aromatic hydroxyl groups is 1. The number of aromatic nitrogens is 3. The Bertz CT molecular complexity index is 3680. The Balaban J connectivity index is 0.00000903. The van der Waals surface area contributed by atoms with Crippen LogP contribution in [0.5, 0.6) is 5.75 Å². The van der Waals surface area contributed by atoms with Gasteiger partial charge in [0.15, 0.2) is 0 Å². The van der Waals surface area contributed by atoms with Crippen LogP contribution in [0.3, 0.4) is 0 Å². The number of fused-ring (bicyclic) bond motifs is 1. The van der Waals surface area contributed by atoms with E-state index in [2.05, 4.69) is 38.7 Å². The minimum atomic E-state index is -3.00. The molecule has 1 N–H and O–H groups in total. The van der Waals surface area contributed by atoms with Crippen molar-refractivity contribution in [3.05, 3.63) is 166 Å². The van der Waals surface area contributed by atoms with E-state index < -0.39 is 84.1 Å². The summed E-state index contributed by atoms with van der Waals surface area (Å²) in [5, 5.41) is 12.4. The van der Waals surface area contributed by atoms with Gasteiger partial charge in [0, 0.05) is 42.5 Å². The van der Waals surface area contributed by atoms with Crippen molar-refractivity contribution in [2.24, 2.45) is 0 Å². The Morgan fingerprint density at radius 3 is 2.06 bits per heavy atom. The molecule has 0 bridgehead atoms. The van der Waals surface area contributed by atoms with E-state index in [9.17, 15) is 6.48 Å². The first-order valence-corrected chi connectivity index (χ1v) is 21.9. The van der Waals surface area contributed by atoms with Crippen molar-refractivity contribution < 1.29 is 45.4 Å². The third kappa shape index (κ3) is 9.57. The van der Waals surface area contributed by atoms with E-state index in [0.717, 1.165) is 27.8 Å². The number of pyridine rings is 1. The van der Waals surface area contributed by atoms with Crippen LogP contribution >= 0.6 is 0 Å². The molecule has 8 rings (SSSR count). The number of para-hydroxylation sites is 1. The third-order valence-corrected chi connectivity index (χ3v) is 11.9. The van der Waals surface area contributed by atoms with E-state index >= 15 is 0 Å². The van der Waals surface area contributed by atoms with E-state index in [1.807, 2.05) is 103 Å². The second-order valence-corrected chi connectivity index (χ2v) is 18.9. The summed E-state index contributed by atoms with van der Waals surface area (Å²) in [5.74, 6) is -0.632. The van der Waals surface area contributed by atoms with Crippen LogP contribution in [0.4, 0.5) is 0 Å². The molecule has 0 aliphatic heterocycles. The minimum Gasteiger partial charge on any atom is -0.507 e. The zero-order chi connectivity index (χ0) is 57.8. The van der Waals surface area contributed by atoms with Crippen LogP contribution in [0.15, 0.2) is 121 Å². The predicted molar refractivity (Wildman–Crippen MR) is 271 cm³/mol. The fraction of sp³-hybridized carbons (Fsp3) is 0.300. The second kappa shape index (κ2) is 18.7. The second-order valence-electron chi connectivity index (χ2n) is 18.9. The van der Waals surface area contributed by atoms with Gasteiger partial charge in [-0.1, -0.05) is 166 Å². The first-order chi connectivity index (χ1) is 36.0. The fourth-order valence-electron chi connectivity index (χ4n) is 8.00. The summed E-state index contributed by atoms with van der Waals surface area (Å²) in [6.07, 6.45) is -0.636. The molecule has 4 nitrogen and oxygen atoms in total.